The van der Waals surface area contributed by atoms with Gasteiger partial charge in [-0.3, -0.25) is 0 Å². The van der Waals surface area contributed by atoms with Crippen LogP contribution in [-0.2, 0) is 21.4 Å². The molecule has 1 fully saturated rings. The van der Waals surface area contributed by atoms with Gasteiger partial charge in [0.05, 0.1) is 11.5 Å². The van der Waals surface area contributed by atoms with Gasteiger partial charge in [0.2, 0.25) is 10.0 Å². The number of aliphatic hydroxyl groups excluding tert-OH is 1. The summed E-state index contributed by atoms with van der Waals surface area (Å²) in [6.07, 6.45) is 1.17. The number of ether oxygens (including phenoxy) is 1. The van der Waals surface area contributed by atoms with Crippen LogP contribution in [0, 0.1) is 12.7 Å². The van der Waals surface area contributed by atoms with Crippen molar-refractivity contribution in [1.82, 2.24) is 4.72 Å². The molecule has 0 amide bonds. The SMILES string of the molecule is Cc1cc(S(=O)(=O)NC2(C)CCOCC2)cc(CO)c1F. The molecule has 0 bridgehead atoms. The van der Waals surface area contributed by atoms with E-state index in [1.54, 1.807) is 0 Å². The van der Waals surface area contributed by atoms with E-state index in [4.69, 9.17) is 9.84 Å². The molecule has 7 heteroatoms. The average molecular weight is 317 g/mol. The van der Waals surface area contributed by atoms with Gasteiger partial charge >= 0.3 is 0 Å². The molecule has 0 radical (unpaired) electrons. The van der Waals surface area contributed by atoms with Crippen molar-refractivity contribution in [3.63, 3.8) is 0 Å². The van der Waals surface area contributed by atoms with E-state index in [9.17, 15) is 12.8 Å². The molecule has 0 atom stereocenters. The molecule has 0 saturated carbocycles. The van der Waals surface area contributed by atoms with E-state index in [1.807, 2.05) is 6.92 Å². The Balaban J connectivity index is 2.33. The highest BCUT2D eigenvalue weighted by Gasteiger charge is 2.33. The minimum atomic E-state index is -3.77. The van der Waals surface area contributed by atoms with Crippen LogP contribution in [0.1, 0.15) is 30.9 Å². The number of rotatable bonds is 4. The summed E-state index contributed by atoms with van der Waals surface area (Å²) in [4.78, 5) is -0.0295. The summed E-state index contributed by atoms with van der Waals surface area (Å²) in [5.74, 6) is -0.575. The Bertz CT molecular complexity index is 624. The van der Waals surface area contributed by atoms with E-state index in [0.29, 0.717) is 26.1 Å². The first-order chi connectivity index (χ1) is 9.77. The van der Waals surface area contributed by atoms with Gasteiger partial charge in [-0.1, -0.05) is 0 Å². The van der Waals surface area contributed by atoms with E-state index < -0.39 is 28.0 Å². The number of sulfonamides is 1. The van der Waals surface area contributed by atoms with Crippen molar-refractivity contribution >= 4 is 10.0 Å². The fourth-order valence-corrected chi connectivity index (χ4v) is 3.98. The Kier molecular flexibility index (Phi) is 4.67. The monoisotopic (exact) mass is 317 g/mol. The van der Waals surface area contributed by atoms with Crippen LogP contribution >= 0.6 is 0 Å². The maximum Gasteiger partial charge on any atom is 0.241 e. The van der Waals surface area contributed by atoms with E-state index in [1.165, 1.54) is 19.1 Å². The number of hydrogen-bond donors (Lipinski definition) is 2. The summed E-state index contributed by atoms with van der Waals surface area (Å²) in [5.41, 5.74) is -0.398. The van der Waals surface area contributed by atoms with Crippen molar-refractivity contribution in [1.29, 1.82) is 0 Å². The first-order valence-electron chi connectivity index (χ1n) is 6.79. The number of nitrogens with one attached hydrogen (secondary N) is 1. The maximum atomic E-state index is 13.7. The molecule has 1 aliphatic rings. The van der Waals surface area contributed by atoms with Crippen molar-refractivity contribution in [2.75, 3.05) is 13.2 Å². The summed E-state index contributed by atoms with van der Waals surface area (Å²) in [6, 6.07) is 2.45. The van der Waals surface area contributed by atoms with Crippen LogP contribution in [0.5, 0.6) is 0 Å². The van der Waals surface area contributed by atoms with Crippen molar-refractivity contribution in [2.24, 2.45) is 0 Å². The highest BCUT2D eigenvalue weighted by atomic mass is 32.2. The molecule has 118 valence electrons. The second-order valence-electron chi connectivity index (χ2n) is 5.65. The molecule has 0 aliphatic carbocycles. The minimum absolute atomic E-state index is 0.0208. The predicted octanol–water partition coefficient (Wildman–Crippen LogP) is 1.47. The highest BCUT2D eigenvalue weighted by molar-refractivity contribution is 7.89. The van der Waals surface area contributed by atoms with Gasteiger partial charge in [0.25, 0.3) is 0 Å². The van der Waals surface area contributed by atoms with Crippen LogP contribution in [0.15, 0.2) is 17.0 Å². The summed E-state index contributed by atoms with van der Waals surface area (Å²) in [7, 11) is -3.77. The average Bonchev–Trinajstić information content (AvgIpc) is 2.41. The first-order valence-corrected chi connectivity index (χ1v) is 8.27. The Morgan fingerprint density at radius 1 is 1.38 bits per heavy atom. The number of aryl methyl sites for hydroxylation is 1. The van der Waals surface area contributed by atoms with Crippen LogP contribution in [0.25, 0.3) is 0 Å². The highest BCUT2D eigenvalue weighted by Crippen LogP contribution is 2.25. The zero-order chi connectivity index (χ0) is 15.7. The number of hydrogen-bond acceptors (Lipinski definition) is 4. The van der Waals surface area contributed by atoms with E-state index in [2.05, 4.69) is 4.72 Å². The van der Waals surface area contributed by atoms with Gasteiger partial charge in [-0.2, -0.15) is 0 Å². The molecule has 1 aliphatic heterocycles. The first kappa shape index (κ1) is 16.4. The van der Waals surface area contributed by atoms with Crippen molar-refractivity contribution in [2.45, 2.75) is 43.7 Å². The fourth-order valence-electron chi connectivity index (χ4n) is 2.38. The maximum absolute atomic E-state index is 13.7. The second kappa shape index (κ2) is 6.00. The standard InChI is InChI=1S/C14H20FNO4S/c1-10-7-12(8-11(9-17)13(10)15)21(18,19)16-14(2)3-5-20-6-4-14/h7-8,16-17H,3-6,9H2,1-2H3. The van der Waals surface area contributed by atoms with Gasteiger partial charge in [0.15, 0.2) is 0 Å². The third-order valence-electron chi connectivity index (χ3n) is 3.76. The number of halogens is 1. The van der Waals surface area contributed by atoms with E-state index >= 15 is 0 Å². The Morgan fingerprint density at radius 3 is 2.57 bits per heavy atom. The van der Waals surface area contributed by atoms with Crippen LogP contribution in [0.2, 0.25) is 0 Å². The largest absolute Gasteiger partial charge is 0.392 e. The molecule has 0 spiro atoms. The minimum Gasteiger partial charge on any atom is -0.392 e. The molecular formula is C14H20FNO4S. The quantitative estimate of drug-likeness (QED) is 0.882. The second-order valence-corrected chi connectivity index (χ2v) is 7.33. The molecule has 21 heavy (non-hydrogen) atoms. The van der Waals surface area contributed by atoms with E-state index in [0.717, 1.165) is 0 Å². The molecule has 2 rings (SSSR count). The van der Waals surface area contributed by atoms with Crippen LogP contribution in [0.4, 0.5) is 4.39 Å². The molecule has 5 nitrogen and oxygen atoms in total. The summed E-state index contributed by atoms with van der Waals surface area (Å²) in [5, 5.41) is 9.13. The van der Waals surface area contributed by atoms with Crippen molar-refractivity contribution < 1.29 is 22.7 Å². The lowest BCUT2D eigenvalue weighted by Gasteiger charge is -2.34. The lowest BCUT2D eigenvalue weighted by molar-refractivity contribution is 0.0537. The number of benzene rings is 1. The van der Waals surface area contributed by atoms with Gasteiger partial charge in [-0.05, 0) is 44.4 Å². The third-order valence-corrected chi connectivity index (χ3v) is 5.38. The van der Waals surface area contributed by atoms with Crippen molar-refractivity contribution in [3.05, 3.63) is 29.1 Å². The Labute approximate surface area is 124 Å². The van der Waals surface area contributed by atoms with E-state index in [-0.39, 0.29) is 16.0 Å². The van der Waals surface area contributed by atoms with Gasteiger partial charge in [0, 0.05) is 24.3 Å². The number of aliphatic hydroxyl groups is 1. The smallest absolute Gasteiger partial charge is 0.241 e. The molecule has 0 aromatic heterocycles. The molecule has 1 aromatic carbocycles. The van der Waals surface area contributed by atoms with Crippen LogP contribution in [-0.4, -0.2) is 32.3 Å². The van der Waals surface area contributed by atoms with Crippen LogP contribution < -0.4 is 4.72 Å². The summed E-state index contributed by atoms with van der Waals surface area (Å²) in [6.45, 7) is 3.77. The van der Waals surface area contributed by atoms with Crippen LogP contribution in [0.3, 0.4) is 0 Å². The zero-order valence-corrected chi connectivity index (χ0v) is 13.0. The normalized spacial score (nSPS) is 18.7. The molecule has 1 aromatic rings. The third kappa shape index (κ3) is 3.60. The summed E-state index contributed by atoms with van der Waals surface area (Å²) < 4.78 is 46.6. The Morgan fingerprint density at radius 2 is 2.00 bits per heavy atom. The zero-order valence-electron chi connectivity index (χ0n) is 12.1. The predicted molar refractivity (Wildman–Crippen MR) is 75.8 cm³/mol. The van der Waals surface area contributed by atoms with Gasteiger partial charge < -0.3 is 9.84 Å². The topological polar surface area (TPSA) is 75.6 Å². The van der Waals surface area contributed by atoms with Gasteiger partial charge in [-0.15, -0.1) is 0 Å². The lowest BCUT2D eigenvalue weighted by atomic mass is 9.94. The van der Waals surface area contributed by atoms with Gasteiger partial charge in [0.1, 0.15) is 5.82 Å². The Hall–Kier alpha value is -1.02. The fraction of sp³-hybridized carbons (Fsp3) is 0.571. The molecular weight excluding hydrogens is 297 g/mol. The molecule has 1 saturated heterocycles. The molecule has 0 unspecified atom stereocenters. The molecule has 2 N–H and O–H groups in total. The van der Waals surface area contributed by atoms with Crippen molar-refractivity contribution in [3.8, 4) is 0 Å². The molecule has 1 heterocycles. The summed E-state index contributed by atoms with van der Waals surface area (Å²) >= 11 is 0. The van der Waals surface area contributed by atoms with Gasteiger partial charge in [-0.25, -0.2) is 17.5 Å². The lowest BCUT2D eigenvalue weighted by Crippen LogP contribution is -2.49.